The molecule has 0 heterocycles. The number of hydrogen-bond acceptors (Lipinski definition) is 4. The molecule has 0 amide bonds. The van der Waals surface area contributed by atoms with Crippen LogP contribution in [0, 0.1) is 0 Å². The zero-order chi connectivity index (χ0) is 14.4. The van der Waals surface area contributed by atoms with Crippen molar-refractivity contribution in [2.45, 2.75) is 0 Å². The van der Waals surface area contributed by atoms with Gasteiger partial charge in [-0.2, -0.15) is 0 Å². The number of methoxy groups -OCH3 is 2. The molecule has 0 fully saturated rings. The molecule has 0 saturated carbocycles. The first kappa shape index (κ1) is 13.8. The number of aliphatic imine (C=N–C) groups is 1. The van der Waals surface area contributed by atoms with Gasteiger partial charge in [0.15, 0.2) is 0 Å². The summed E-state index contributed by atoms with van der Waals surface area (Å²) in [5.41, 5.74) is 1.94. The standard InChI is InChI=1S/C16H15NO3/c1-19-13-9-7-12(8-10-13)11-17-15-6-4-3-5-14(15)16(18)20-2/h3-11H,1-2H3. The average Bonchev–Trinajstić information content (AvgIpc) is 2.53. The maximum atomic E-state index is 11.6. The van der Waals surface area contributed by atoms with Gasteiger partial charge in [-0.1, -0.05) is 12.1 Å². The SMILES string of the molecule is COC(=O)c1ccccc1N=Cc1ccc(OC)cc1. The number of para-hydroxylation sites is 1. The van der Waals surface area contributed by atoms with E-state index in [1.807, 2.05) is 30.3 Å². The van der Waals surface area contributed by atoms with Crippen LogP contribution in [0.2, 0.25) is 0 Å². The minimum Gasteiger partial charge on any atom is -0.497 e. The molecule has 0 aliphatic carbocycles. The van der Waals surface area contributed by atoms with E-state index in [2.05, 4.69) is 4.99 Å². The molecule has 0 aliphatic heterocycles. The van der Waals surface area contributed by atoms with E-state index in [-0.39, 0.29) is 0 Å². The number of carbonyl (C=O) groups is 1. The first-order valence-electron chi connectivity index (χ1n) is 6.10. The molecule has 2 aromatic rings. The van der Waals surface area contributed by atoms with Crippen LogP contribution in [0.3, 0.4) is 0 Å². The Morgan fingerprint density at radius 2 is 1.75 bits per heavy atom. The van der Waals surface area contributed by atoms with Crippen molar-refractivity contribution >= 4 is 17.9 Å². The van der Waals surface area contributed by atoms with E-state index in [0.29, 0.717) is 11.3 Å². The van der Waals surface area contributed by atoms with E-state index in [0.717, 1.165) is 11.3 Å². The third-order valence-corrected chi connectivity index (χ3v) is 2.78. The Balaban J connectivity index is 2.24. The van der Waals surface area contributed by atoms with Gasteiger partial charge in [0.05, 0.1) is 25.5 Å². The Labute approximate surface area is 117 Å². The zero-order valence-corrected chi connectivity index (χ0v) is 11.4. The predicted octanol–water partition coefficient (Wildman–Crippen LogP) is 3.23. The summed E-state index contributed by atoms with van der Waals surface area (Å²) in [7, 11) is 2.97. The second-order valence-electron chi connectivity index (χ2n) is 4.04. The van der Waals surface area contributed by atoms with Gasteiger partial charge in [-0.15, -0.1) is 0 Å². The Morgan fingerprint density at radius 3 is 2.40 bits per heavy atom. The lowest BCUT2D eigenvalue weighted by Gasteiger charge is -2.03. The molecule has 102 valence electrons. The fourth-order valence-electron chi connectivity index (χ4n) is 1.70. The Kier molecular flexibility index (Phi) is 4.50. The number of benzene rings is 2. The molecule has 20 heavy (non-hydrogen) atoms. The van der Waals surface area contributed by atoms with Crippen LogP contribution < -0.4 is 4.74 Å². The zero-order valence-electron chi connectivity index (χ0n) is 11.4. The van der Waals surface area contributed by atoms with Crippen LogP contribution in [0.4, 0.5) is 5.69 Å². The average molecular weight is 269 g/mol. The van der Waals surface area contributed by atoms with Gasteiger partial charge in [0.1, 0.15) is 5.75 Å². The van der Waals surface area contributed by atoms with Crippen LogP contribution >= 0.6 is 0 Å². The van der Waals surface area contributed by atoms with Gasteiger partial charge < -0.3 is 9.47 Å². The van der Waals surface area contributed by atoms with E-state index in [1.54, 1.807) is 31.5 Å². The summed E-state index contributed by atoms with van der Waals surface area (Å²) < 4.78 is 9.82. The maximum absolute atomic E-state index is 11.6. The van der Waals surface area contributed by atoms with Crippen LogP contribution in [-0.4, -0.2) is 26.4 Å². The van der Waals surface area contributed by atoms with Crippen molar-refractivity contribution in [1.29, 1.82) is 0 Å². The quantitative estimate of drug-likeness (QED) is 0.632. The molecular formula is C16H15NO3. The van der Waals surface area contributed by atoms with Crippen LogP contribution in [0.25, 0.3) is 0 Å². The number of esters is 1. The molecular weight excluding hydrogens is 254 g/mol. The van der Waals surface area contributed by atoms with Crippen molar-refractivity contribution in [2.24, 2.45) is 4.99 Å². The lowest BCUT2D eigenvalue weighted by atomic mass is 10.2. The summed E-state index contributed by atoms with van der Waals surface area (Å²) in [5, 5.41) is 0. The van der Waals surface area contributed by atoms with E-state index >= 15 is 0 Å². The highest BCUT2D eigenvalue weighted by Crippen LogP contribution is 2.19. The molecule has 4 heteroatoms. The second-order valence-corrected chi connectivity index (χ2v) is 4.04. The summed E-state index contributed by atoms with van der Waals surface area (Å²) in [5.74, 6) is 0.393. The van der Waals surface area contributed by atoms with Crippen molar-refractivity contribution in [3.63, 3.8) is 0 Å². The molecule has 0 unspecified atom stereocenters. The molecule has 0 atom stereocenters. The summed E-state index contributed by atoms with van der Waals surface area (Å²) in [6.07, 6.45) is 1.70. The second kappa shape index (κ2) is 6.52. The summed E-state index contributed by atoms with van der Waals surface area (Å²) in [6.45, 7) is 0. The Hall–Kier alpha value is -2.62. The van der Waals surface area contributed by atoms with Gasteiger partial charge in [0.25, 0.3) is 0 Å². The third kappa shape index (κ3) is 3.23. The van der Waals surface area contributed by atoms with Crippen molar-refractivity contribution in [1.82, 2.24) is 0 Å². The fourth-order valence-corrected chi connectivity index (χ4v) is 1.70. The molecule has 0 radical (unpaired) electrons. The molecule has 0 aromatic heterocycles. The Bertz CT molecular complexity index is 618. The van der Waals surface area contributed by atoms with Gasteiger partial charge >= 0.3 is 5.97 Å². The minimum atomic E-state index is -0.396. The van der Waals surface area contributed by atoms with Gasteiger partial charge in [0.2, 0.25) is 0 Å². The molecule has 0 N–H and O–H groups in total. The van der Waals surface area contributed by atoms with E-state index in [9.17, 15) is 4.79 Å². The number of carbonyl (C=O) groups excluding carboxylic acids is 1. The normalized spacial score (nSPS) is 10.5. The molecule has 4 nitrogen and oxygen atoms in total. The van der Waals surface area contributed by atoms with Gasteiger partial charge in [-0.05, 0) is 42.0 Å². The van der Waals surface area contributed by atoms with E-state index < -0.39 is 5.97 Å². The van der Waals surface area contributed by atoms with Crippen molar-refractivity contribution in [3.8, 4) is 5.75 Å². The molecule has 0 aliphatic rings. The lowest BCUT2D eigenvalue weighted by Crippen LogP contribution is -2.01. The van der Waals surface area contributed by atoms with Crippen molar-refractivity contribution < 1.29 is 14.3 Å². The topological polar surface area (TPSA) is 47.9 Å². The Morgan fingerprint density at radius 1 is 1.05 bits per heavy atom. The summed E-state index contributed by atoms with van der Waals surface area (Å²) in [6, 6.07) is 14.6. The van der Waals surface area contributed by atoms with Crippen LogP contribution in [0.5, 0.6) is 5.75 Å². The van der Waals surface area contributed by atoms with E-state index in [4.69, 9.17) is 9.47 Å². The highest BCUT2D eigenvalue weighted by molar-refractivity contribution is 5.96. The van der Waals surface area contributed by atoms with Crippen molar-refractivity contribution in [3.05, 3.63) is 59.7 Å². The number of hydrogen-bond donors (Lipinski definition) is 0. The maximum Gasteiger partial charge on any atom is 0.340 e. The van der Waals surface area contributed by atoms with Crippen LogP contribution in [0.1, 0.15) is 15.9 Å². The van der Waals surface area contributed by atoms with Gasteiger partial charge in [0, 0.05) is 6.21 Å². The molecule has 0 saturated heterocycles. The highest BCUT2D eigenvalue weighted by atomic mass is 16.5. The smallest absolute Gasteiger partial charge is 0.340 e. The third-order valence-electron chi connectivity index (χ3n) is 2.78. The van der Waals surface area contributed by atoms with Crippen LogP contribution in [-0.2, 0) is 4.74 Å². The minimum absolute atomic E-state index is 0.396. The van der Waals surface area contributed by atoms with E-state index in [1.165, 1.54) is 7.11 Å². The van der Waals surface area contributed by atoms with Crippen molar-refractivity contribution in [2.75, 3.05) is 14.2 Å². The van der Waals surface area contributed by atoms with Gasteiger partial charge in [-0.25, -0.2) is 4.79 Å². The molecule has 0 bridgehead atoms. The van der Waals surface area contributed by atoms with Crippen LogP contribution in [0.15, 0.2) is 53.5 Å². The number of nitrogens with zero attached hydrogens (tertiary/aromatic N) is 1. The first-order chi connectivity index (χ1) is 9.74. The number of ether oxygens (including phenoxy) is 2. The predicted molar refractivity (Wildman–Crippen MR) is 78.0 cm³/mol. The molecule has 2 rings (SSSR count). The van der Waals surface area contributed by atoms with Gasteiger partial charge in [-0.3, -0.25) is 4.99 Å². The first-order valence-corrected chi connectivity index (χ1v) is 6.10. The summed E-state index contributed by atoms with van der Waals surface area (Å²) in [4.78, 5) is 16.0. The monoisotopic (exact) mass is 269 g/mol. The number of rotatable bonds is 4. The summed E-state index contributed by atoms with van der Waals surface area (Å²) >= 11 is 0. The highest BCUT2D eigenvalue weighted by Gasteiger charge is 2.09. The lowest BCUT2D eigenvalue weighted by molar-refractivity contribution is 0.0601. The molecule has 2 aromatic carbocycles. The largest absolute Gasteiger partial charge is 0.497 e. The fraction of sp³-hybridized carbons (Fsp3) is 0.125. The molecule has 0 spiro atoms.